The van der Waals surface area contributed by atoms with Gasteiger partial charge < -0.3 is 19.3 Å². The lowest BCUT2D eigenvalue weighted by molar-refractivity contribution is 0.0224. The first-order valence-electron chi connectivity index (χ1n) is 15.5. The number of rotatable bonds is 6. The molecule has 2 heterocycles. The van der Waals surface area contributed by atoms with Crippen LogP contribution in [0.2, 0.25) is 0 Å². The van der Waals surface area contributed by atoms with E-state index in [-0.39, 0.29) is 5.97 Å². The zero-order valence-electron chi connectivity index (χ0n) is 26.8. The van der Waals surface area contributed by atoms with Gasteiger partial charge in [-0.3, -0.25) is 0 Å². The summed E-state index contributed by atoms with van der Waals surface area (Å²) in [4.78, 5) is 17.9. The van der Waals surface area contributed by atoms with E-state index in [1.807, 2.05) is 61.5 Å². The minimum absolute atomic E-state index is 0.325. The van der Waals surface area contributed by atoms with Crippen molar-refractivity contribution in [2.45, 2.75) is 46.4 Å². The number of esters is 1. The molecule has 1 unspecified atom stereocenters. The van der Waals surface area contributed by atoms with Crippen LogP contribution in [0.3, 0.4) is 0 Å². The third-order valence-electron chi connectivity index (χ3n) is 9.45. The molecule has 5 aromatic carbocycles. The van der Waals surface area contributed by atoms with E-state index in [2.05, 4.69) is 87.2 Å². The lowest BCUT2D eigenvalue weighted by Crippen LogP contribution is -2.33. The van der Waals surface area contributed by atoms with E-state index in [1.165, 1.54) is 33.4 Å². The van der Waals surface area contributed by atoms with Crippen molar-refractivity contribution in [1.29, 1.82) is 0 Å². The van der Waals surface area contributed by atoms with Gasteiger partial charge in [0.15, 0.2) is 5.60 Å². The predicted molar refractivity (Wildman–Crippen MR) is 181 cm³/mol. The van der Waals surface area contributed by atoms with Gasteiger partial charge >= 0.3 is 5.97 Å². The molecule has 45 heavy (non-hydrogen) atoms. The highest BCUT2D eigenvalue weighted by Crippen LogP contribution is 2.57. The molecule has 7 rings (SSSR count). The number of hydrogen-bond donors (Lipinski definition) is 0. The lowest BCUT2D eigenvalue weighted by atomic mass is 9.77. The third-order valence-corrected chi connectivity index (χ3v) is 9.45. The van der Waals surface area contributed by atoms with E-state index < -0.39 is 5.60 Å². The molecule has 2 aliphatic rings. The van der Waals surface area contributed by atoms with Crippen LogP contribution in [0.4, 0.5) is 11.4 Å². The fourth-order valence-corrected chi connectivity index (χ4v) is 6.61. The van der Waals surface area contributed by atoms with Gasteiger partial charge in [-0.1, -0.05) is 54.6 Å². The van der Waals surface area contributed by atoms with Crippen LogP contribution in [0.25, 0.3) is 0 Å². The van der Waals surface area contributed by atoms with Crippen LogP contribution in [0.1, 0.15) is 60.4 Å². The highest BCUT2D eigenvalue weighted by molar-refractivity contribution is 5.97. The molecule has 0 saturated heterocycles. The van der Waals surface area contributed by atoms with Gasteiger partial charge in [0.05, 0.1) is 5.56 Å². The lowest BCUT2D eigenvalue weighted by Gasteiger charge is -2.38. The van der Waals surface area contributed by atoms with Crippen molar-refractivity contribution in [3.8, 4) is 11.5 Å². The second-order valence-corrected chi connectivity index (χ2v) is 12.7. The molecule has 2 aliphatic heterocycles. The summed E-state index contributed by atoms with van der Waals surface area (Å²) in [7, 11) is 4.01. The topological polar surface area (TPSA) is 42.0 Å². The molecule has 5 nitrogen and oxygen atoms in total. The van der Waals surface area contributed by atoms with Crippen molar-refractivity contribution < 1.29 is 14.3 Å². The number of carbonyl (C=O) groups is 1. The van der Waals surface area contributed by atoms with Gasteiger partial charge in [0, 0.05) is 61.3 Å². The van der Waals surface area contributed by atoms with Gasteiger partial charge in [0.2, 0.25) is 0 Å². The maximum absolute atomic E-state index is 13.5. The van der Waals surface area contributed by atoms with Crippen LogP contribution in [-0.4, -0.2) is 20.1 Å². The summed E-state index contributed by atoms with van der Waals surface area (Å²) in [5.41, 5.74) is 11.6. The zero-order chi connectivity index (χ0) is 31.5. The Labute approximate surface area is 265 Å². The molecule has 0 saturated carbocycles. The van der Waals surface area contributed by atoms with E-state index in [0.29, 0.717) is 17.1 Å². The van der Waals surface area contributed by atoms with Crippen LogP contribution in [0.15, 0.2) is 97.1 Å². The van der Waals surface area contributed by atoms with Crippen LogP contribution in [0, 0.1) is 27.7 Å². The van der Waals surface area contributed by atoms with Crippen LogP contribution < -0.4 is 14.5 Å². The number of fused-ring (bicyclic) bond motifs is 6. The van der Waals surface area contributed by atoms with E-state index in [0.717, 1.165) is 41.2 Å². The first-order chi connectivity index (χ1) is 21.6. The van der Waals surface area contributed by atoms with Crippen molar-refractivity contribution in [2.75, 3.05) is 23.9 Å². The van der Waals surface area contributed by atoms with E-state index >= 15 is 0 Å². The van der Waals surface area contributed by atoms with E-state index in [4.69, 9.17) is 9.47 Å². The second-order valence-electron chi connectivity index (χ2n) is 12.7. The Balaban J connectivity index is 1.40. The van der Waals surface area contributed by atoms with Gasteiger partial charge in [0.25, 0.3) is 0 Å². The Kier molecular flexibility index (Phi) is 6.92. The van der Waals surface area contributed by atoms with E-state index in [9.17, 15) is 4.79 Å². The van der Waals surface area contributed by atoms with Crippen molar-refractivity contribution >= 4 is 17.3 Å². The molecule has 1 spiro atoms. The summed E-state index contributed by atoms with van der Waals surface area (Å²) in [6, 6.07) is 33.5. The first kappa shape index (κ1) is 28.7. The Morgan fingerprint density at radius 1 is 0.600 bits per heavy atom. The number of nitrogens with zero attached hydrogens (tertiary/aromatic N) is 2. The smallest absolute Gasteiger partial charge is 0.340 e. The summed E-state index contributed by atoms with van der Waals surface area (Å²) in [6.07, 6.45) is 0. The van der Waals surface area contributed by atoms with Crippen LogP contribution >= 0.6 is 0 Å². The fourth-order valence-electron chi connectivity index (χ4n) is 6.61. The zero-order valence-corrected chi connectivity index (χ0v) is 26.8. The highest BCUT2D eigenvalue weighted by Gasteiger charge is 2.53. The molecule has 0 bridgehead atoms. The normalized spacial score (nSPS) is 16.0. The Morgan fingerprint density at radius 2 is 1.24 bits per heavy atom. The van der Waals surface area contributed by atoms with Crippen LogP contribution in [0.5, 0.6) is 11.5 Å². The quantitative estimate of drug-likeness (QED) is 0.184. The van der Waals surface area contributed by atoms with Crippen LogP contribution in [-0.2, 0) is 23.4 Å². The SMILES string of the molecule is Cc1ccc(CN(Cc2ccc(C)c(C)c2)c2ccc3c(c2)C2(OC(=O)c4ccccc42)c2ccc(N(C)C)cc2O3)cc1C. The van der Waals surface area contributed by atoms with Gasteiger partial charge in [-0.05, 0) is 97.5 Å². The monoisotopic (exact) mass is 594 g/mol. The number of aryl methyl sites for hydroxylation is 4. The Morgan fingerprint density at radius 3 is 1.89 bits per heavy atom. The Bertz CT molecular complexity index is 1920. The summed E-state index contributed by atoms with van der Waals surface area (Å²) in [6.45, 7) is 10.1. The number of anilines is 2. The van der Waals surface area contributed by atoms with Crippen molar-refractivity contribution in [3.05, 3.63) is 153 Å². The molecule has 226 valence electrons. The van der Waals surface area contributed by atoms with Gasteiger partial charge in [0.1, 0.15) is 11.5 Å². The predicted octanol–water partition coefficient (Wildman–Crippen LogP) is 8.76. The van der Waals surface area contributed by atoms with Gasteiger partial charge in [-0.15, -0.1) is 0 Å². The standard InChI is InChI=1S/C40H38N2O3/c1-25-11-13-29(19-27(25)3)23-42(24-30-14-12-26(2)28(4)20-30)32-16-18-37-36(21-32)40(34-10-8-7-9-33(34)39(43)45-40)35-17-15-31(41(5)6)22-38(35)44-37/h7-22H,23-24H2,1-6H3. The van der Waals surface area contributed by atoms with Gasteiger partial charge in [-0.25, -0.2) is 4.79 Å². The molecule has 0 aromatic heterocycles. The minimum atomic E-state index is -1.12. The average Bonchev–Trinajstić information content (AvgIpc) is 3.32. The molecule has 1 atom stereocenters. The molecule has 0 aliphatic carbocycles. The van der Waals surface area contributed by atoms with Crippen molar-refractivity contribution in [1.82, 2.24) is 0 Å². The number of ether oxygens (including phenoxy) is 2. The molecular formula is C40H38N2O3. The third kappa shape index (κ3) is 4.83. The summed E-state index contributed by atoms with van der Waals surface area (Å²) < 4.78 is 13.1. The number of hydrogen-bond acceptors (Lipinski definition) is 5. The maximum atomic E-state index is 13.5. The molecular weight excluding hydrogens is 556 g/mol. The second kappa shape index (κ2) is 10.8. The van der Waals surface area contributed by atoms with Crippen molar-refractivity contribution in [2.24, 2.45) is 0 Å². The molecule has 0 N–H and O–H groups in total. The highest BCUT2D eigenvalue weighted by atomic mass is 16.6. The number of benzene rings is 5. The first-order valence-corrected chi connectivity index (χ1v) is 15.5. The average molecular weight is 595 g/mol. The van der Waals surface area contributed by atoms with Crippen molar-refractivity contribution in [3.63, 3.8) is 0 Å². The summed E-state index contributed by atoms with van der Waals surface area (Å²) in [5.74, 6) is 1.05. The minimum Gasteiger partial charge on any atom is -0.456 e. The maximum Gasteiger partial charge on any atom is 0.340 e. The van der Waals surface area contributed by atoms with Gasteiger partial charge in [-0.2, -0.15) is 0 Å². The molecule has 5 heteroatoms. The largest absolute Gasteiger partial charge is 0.456 e. The molecule has 0 amide bonds. The molecule has 0 fully saturated rings. The molecule has 0 radical (unpaired) electrons. The van der Waals surface area contributed by atoms with E-state index in [1.54, 1.807) is 0 Å². The summed E-state index contributed by atoms with van der Waals surface area (Å²) in [5, 5.41) is 0. The Hall–Kier alpha value is -5.03. The fraction of sp³-hybridized carbons (Fsp3) is 0.225. The number of carbonyl (C=O) groups excluding carboxylic acids is 1. The molecule has 5 aromatic rings. The summed E-state index contributed by atoms with van der Waals surface area (Å²) >= 11 is 0.